The molecule has 1 aromatic heterocycles. The van der Waals surface area contributed by atoms with Gasteiger partial charge in [0.25, 0.3) is 11.8 Å². The number of benzene rings is 3. The van der Waals surface area contributed by atoms with Crippen LogP contribution in [0.25, 0.3) is 11.0 Å². The fraction of sp³-hybridized carbons (Fsp3) is 0.0833. The van der Waals surface area contributed by atoms with Crippen LogP contribution in [0, 0.1) is 0 Å². The van der Waals surface area contributed by atoms with Crippen LogP contribution in [-0.2, 0) is 6.61 Å². The fourth-order valence-corrected chi connectivity index (χ4v) is 3.20. The third-order valence-electron chi connectivity index (χ3n) is 4.68. The molecular weight excluding hydrogens is 380 g/mol. The van der Waals surface area contributed by atoms with Crippen LogP contribution in [0.4, 0.5) is 5.69 Å². The second-order valence-corrected chi connectivity index (χ2v) is 6.59. The van der Waals surface area contributed by atoms with Crippen molar-refractivity contribution in [3.05, 3.63) is 95.7 Å². The first-order chi connectivity index (χ1) is 14.7. The number of ether oxygens (including phenoxy) is 1. The molecule has 4 aromatic rings. The molecule has 0 saturated carbocycles. The third kappa shape index (κ3) is 3.89. The van der Waals surface area contributed by atoms with Gasteiger partial charge in [0.15, 0.2) is 5.76 Å². The van der Waals surface area contributed by atoms with E-state index in [0.29, 0.717) is 28.1 Å². The van der Waals surface area contributed by atoms with Crippen molar-refractivity contribution in [3.8, 4) is 5.75 Å². The minimum Gasteiger partial charge on any atom is -0.489 e. The summed E-state index contributed by atoms with van der Waals surface area (Å²) in [6.45, 7) is 0.168. The van der Waals surface area contributed by atoms with Crippen LogP contribution in [0.1, 0.15) is 26.5 Å². The molecule has 30 heavy (non-hydrogen) atoms. The van der Waals surface area contributed by atoms with Crippen LogP contribution in [0.2, 0.25) is 0 Å². The number of para-hydroxylation sites is 3. The Kier molecular flexibility index (Phi) is 5.48. The smallest absolute Gasteiger partial charge is 0.291 e. The molecule has 0 radical (unpaired) electrons. The average molecular weight is 400 g/mol. The largest absolute Gasteiger partial charge is 0.489 e. The molecule has 0 aliphatic carbocycles. The van der Waals surface area contributed by atoms with Crippen molar-refractivity contribution in [3.63, 3.8) is 0 Å². The minimum absolute atomic E-state index is 0.152. The van der Waals surface area contributed by atoms with Gasteiger partial charge in [-0.25, -0.2) is 0 Å². The first kappa shape index (κ1) is 19.3. The molecule has 0 saturated heterocycles. The number of amides is 2. The zero-order valence-electron chi connectivity index (χ0n) is 16.3. The van der Waals surface area contributed by atoms with Gasteiger partial charge in [-0.3, -0.25) is 9.59 Å². The summed E-state index contributed by atoms with van der Waals surface area (Å²) in [6, 6.07) is 23.6. The quantitative estimate of drug-likeness (QED) is 0.495. The van der Waals surface area contributed by atoms with E-state index >= 15 is 0 Å². The highest BCUT2D eigenvalue weighted by atomic mass is 16.5. The second-order valence-electron chi connectivity index (χ2n) is 6.59. The Morgan fingerprint density at radius 1 is 0.867 bits per heavy atom. The van der Waals surface area contributed by atoms with E-state index in [1.165, 1.54) is 0 Å². The molecular formula is C24H20N2O4. The van der Waals surface area contributed by atoms with Gasteiger partial charge < -0.3 is 19.8 Å². The Balaban J connectivity index is 1.67. The molecule has 6 nitrogen and oxygen atoms in total. The molecule has 0 aliphatic heterocycles. The fourth-order valence-electron chi connectivity index (χ4n) is 3.20. The average Bonchev–Trinajstić information content (AvgIpc) is 3.17. The van der Waals surface area contributed by atoms with Gasteiger partial charge >= 0.3 is 0 Å². The van der Waals surface area contributed by atoms with Crippen molar-refractivity contribution >= 4 is 28.5 Å². The lowest BCUT2D eigenvalue weighted by Crippen LogP contribution is -2.21. The molecule has 0 atom stereocenters. The van der Waals surface area contributed by atoms with Crippen molar-refractivity contribution in [1.82, 2.24) is 5.32 Å². The summed E-state index contributed by atoms with van der Waals surface area (Å²) < 4.78 is 11.7. The highest BCUT2D eigenvalue weighted by Gasteiger charge is 2.22. The van der Waals surface area contributed by atoms with Gasteiger partial charge in [-0.1, -0.05) is 48.5 Å². The van der Waals surface area contributed by atoms with E-state index in [4.69, 9.17) is 9.15 Å². The van der Waals surface area contributed by atoms with Crippen LogP contribution in [0.3, 0.4) is 0 Å². The summed E-state index contributed by atoms with van der Waals surface area (Å²) >= 11 is 0. The molecule has 0 spiro atoms. The molecule has 2 amide bonds. The molecule has 2 N–H and O–H groups in total. The van der Waals surface area contributed by atoms with E-state index in [0.717, 1.165) is 5.39 Å². The zero-order valence-corrected chi connectivity index (χ0v) is 16.3. The zero-order chi connectivity index (χ0) is 20.9. The highest BCUT2D eigenvalue weighted by molar-refractivity contribution is 6.10. The summed E-state index contributed by atoms with van der Waals surface area (Å²) in [5, 5.41) is 6.17. The second kappa shape index (κ2) is 8.53. The maximum absolute atomic E-state index is 13.1. The van der Waals surface area contributed by atoms with Gasteiger partial charge in [0.2, 0.25) is 0 Å². The highest BCUT2D eigenvalue weighted by Crippen LogP contribution is 2.28. The first-order valence-electron chi connectivity index (χ1n) is 9.48. The van der Waals surface area contributed by atoms with E-state index in [9.17, 15) is 9.59 Å². The summed E-state index contributed by atoms with van der Waals surface area (Å²) in [7, 11) is 1.54. The predicted octanol–water partition coefficient (Wildman–Crippen LogP) is 4.62. The molecule has 0 bridgehead atoms. The van der Waals surface area contributed by atoms with Crippen LogP contribution < -0.4 is 15.4 Å². The Hall–Kier alpha value is -4.06. The number of fused-ring (bicyclic) bond motifs is 1. The topological polar surface area (TPSA) is 80.6 Å². The van der Waals surface area contributed by atoms with E-state index in [2.05, 4.69) is 10.6 Å². The summed E-state index contributed by atoms with van der Waals surface area (Å²) in [4.78, 5) is 25.2. The lowest BCUT2D eigenvalue weighted by Gasteiger charge is -2.10. The molecule has 3 aromatic carbocycles. The van der Waals surface area contributed by atoms with E-state index in [1.54, 1.807) is 37.4 Å². The summed E-state index contributed by atoms with van der Waals surface area (Å²) in [5.74, 6) is 0.107. The van der Waals surface area contributed by atoms with Gasteiger partial charge in [0, 0.05) is 18.0 Å². The van der Waals surface area contributed by atoms with Crippen LogP contribution in [0.15, 0.2) is 83.3 Å². The monoisotopic (exact) mass is 400 g/mol. The number of furan rings is 1. The number of carbonyl (C=O) groups is 2. The lowest BCUT2D eigenvalue weighted by atomic mass is 10.1. The van der Waals surface area contributed by atoms with Gasteiger partial charge in [0.1, 0.15) is 17.9 Å². The lowest BCUT2D eigenvalue weighted by molar-refractivity contribution is 0.0964. The maximum atomic E-state index is 13.1. The normalized spacial score (nSPS) is 10.6. The first-order valence-corrected chi connectivity index (χ1v) is 9.48. The molecule has 0 unspecified atom stereocenters. The summed E-state index contributed by atoms with van der Waals surface area (Å²) in [6.07, 6.45) is 0. The van der Waals surface area contributed by atoms with Crippen LogP contribution in [-0.4, -0.2) is 18.9 Å². The van der Waals surface area contributed by atoms with Crippen molar-refractivity contribution in [2.75, 3.05) is 12.4 Å². The molecule has 4 rings (SSSR count). The van der Waals surface area contributed by atoms with Gasteiger partial charge in [0.05, 0.1) is 11.3 Å². The number of rotatable bonds is 6. The SMILES string of the molecule is CNC(=O)c1ccccc1NC(=O)c1oc2ccccc2c1COc1ccccc1. The van der Waals surface area contributed by atoms with E-state index in [1.807, 2.05) is 48.5 Å². The molecule has 0 aliphatic rings. The number of hydrogen-bond donors (Lipinski definition) is 2. The predicted molar refractivity (Wildman–Crippen MR) is 115 cm³/mol. The number of anilines is 1. The number of hydrogen-bond acceptors (Lipinski definition) is 4. The number of nitrogens with one attached hydrogen (secondary N) is 2. The maximum Gasteiger partial charge on any atom is 0.291 e. The molecule has 150 valence electrons. The van der Waals surface area contributed by atoms with Crippen molar-refractivity contribution in [2.24, 2.45) is 0 Å². The molecule has 6 heteroatoms. The Bertz CT molecular complexity index is 1200. The summed E-state index contributed by atoms with van der Waals surface area (Å²) in [5.41, 5.74) is 2.00. The van der Waals surface area contributed by atoms with Crippen molar-refractivity contribution < 1.29 is 18.7 Å². The molecule has 0 fully saturated rings. The Morgan fingerprint density at radius 3 is 2.37 bits per heavy atom. The van der Waals surface area contributed by atoms with Crippen molar-refractivity contribution in [2.45, 2.75) is 6.61 Å². The minimum atomic E-state index is -0.450. The van der Waals surface area contributed by atoms with Gasteiger partial charge in [-0.15, -0.1) is 0 Å². The third-order valence-corrected chi connectivity index (χ3v) is 4.68. The Morgan fingerprint density at radius 2 is 1.57 bits per heavy atom. The number of carbonyl (C=O) groups excluding carboxylic acids is 2. The Labute approximate surface area is 173 Å². The van der Waals surface area contributed by atoms with Gasteiger partial charge in [-0.2, -0.15) is 0 Å². The van der Waals surface area contributed by atoms with Crippen LogP contribution >= 0.6 is 0 Å². The van der Waals surface area contributed by atoms with Crippen molar-refractivity contribution in [1.29, 1.82) is 0 Å². The molecule has 1 heterocycles. The van der Waals surface area contributed by atoms with Crippen LogP contribution in [0.5, 0.6) is 5.75 Å². The van der Waals surface area contributed by atoms with E-state index < -0.39 is 5.91 Å². The van der Waals surface area contributed by atoms with Gasteiger partial charge in [-0.05, 0) is 30.3 Å². The van der Waals surface area contributed by atoms with E-state index in [-0.39, 0.29) is 18.3 Å². The standard InChI is InChI=1S/C24H20N2O4/c1-25-23(27)18-12-5-7-13-20(18)26-24(28)22-19(15-29-16-9-3-2-4-10-16)17-11-6-8-14-21(17)30-22/h2-14H,15H2,1H3,(H,25,27)(H,26,28).